The Kier molecular flexibility index (Phi) is 6.56. The molecule has 0 saturated carbocycles. The van der Waals surface area contributed by atoms with Crippen molar-refractivity contribution in [2.24, 2.45) is 0 Å². The fourth-order valence-electron chi connectivity index (χ4n) is 3.01. The molecule has 0 fully saturated rings. The molecule has 2 aromatic carbocycles. The van der Waals surface area contributed by atoms with Crippen LogP contribution in [0.25, 0.3) is 0 Å². The van der Waals surface area contributed by atoms with Gasteiger partial charge in [0, 0.05) is 12.6 Å². The number of hydrogen-bond acceptors (Lipinski definition) is 2. The second-order valence-corrected chi connectivity index (χ2v) is 7.11. The maximum Gasteiger partial charge on any atom is 0.226 e. The van der Waals surface area contributed by atoms with Crippen molar-refractivity contribution in [3.05, 3.63) is 64.7 Å². The lowest BCUT2D eigenvalue weighted by molar-refractivity contribution is -0.120. The lowest BCUT2D eigenvalue weighted by Gasteiger charge is -2.20. The van der Waals surface area contributed by atoms with E-state index in [0.29, 0.717) is 5.92 Å². The fourth-order valence-corrected chi connectivity index (χ4v) is 3.01. The summed E-state index contributed by atoms with van der Waals surface area (Å²) in [4.78, 5) is 24.3. The van der Waals surface area contributed by atoms with Gasteiger partial charge in [-0.3, -0.25) is 9.59 Å². The maximum atomic E-state index is 12.7. The molecule has 2 N–H and O–H groups in total. The molecule has 0 aliphatic heterocycles. The molecular weight excluding hydrogens is 324 g/mol. The highest BCUT2D eigenvalue weighted by molar-refractivity contribution is 5.93. The lowest BCUT2D eigenvalue weighted by atomic mass is 9.97. The summed E-state index contributed by atoms with van der Waals surface area (Å²) < 4.78 is 0. The van der Waals surface area contributed by atoms with Gasteiger partial charge in [0.1, 0.15) is 0 Å². The minimum absolute atomic E-state index is 0.111. The largest absolute Gasteiger partial charge is 0.349 e. The average molecular weight is 352 g/mol. The summed E-state index contributed by atoms with van der Waals surface area (Å²) in [5.41, 5.74) is 5.09. The van der Waals surface area contributed by atoms with Crippen molar-refractivity contribution >= 4 is 17.5 Å². The molecule has 0 aliphatic carbocycles. The van der Waals surface area contributed by atoms with Crippen molar-refractivity contribution in [2.75, 3.05) is 5.32 Å². The molecule has 138 valence electrons. The molecule has 2 rings (SSSR count). The number of nitrogens with one attached hydrogen (secondary N) is 2. The molecule has 1 atom stereocenters. The van der Waals surface area contributed by atoms with E-state index in [1.165, 1.54) is 6.92 Å². The van der Waals surface area contributed by atoms with Crippen LogP contribution >= 0.6 is 0 Å². The monoisotopic (exact) mass is 352 g/mol. The van der Waals surface area contributed by atoms with E-state index in [1.54, 1.807) is 0 Å². The summed E-state index contributed by atoms with van der Waals surface area (Å²) in [6, 6.07) is 13.6. The second kappa shape index (κ2) is 8.65. The van der Waals surface area contributed by atoms with Crippen LogP contribution in [0, 0.1) is 13.8 Å². The Morgan fingerprint density at radius 2 is 1.65 bits per heavy atom. The van der Waals surface area contributed by atoms with Crippen LogP contribution in [0.4, 0.5) is 5.69 Å². The van der Waals surface area contributed by atoms with Crippen molar-refractivity contribution in [3.8, 4) is 0 Å². The molecule has 2 amide bonds. The molecular formula is C22H28N2O2. The van der Waals surface area contributed by atoms with Crippen LogP contribution in [-0.2, 0) is 9.59 Å². The molecule has 0 saturated heterocycles. The van der Waals surface area contributed by atoms with Gasteiger partial charge < -0.3 is 10.6 Å². The van der Waals surface area contributed by atoms with Crippen molar-refractivity contribution in [3.63, 3.8) is 0 Å². The van der Waals surface area contributed by atoms with Crippen LogP contribution < -0.4 is 10.6 Å². The number of carbonyl (C=O) groups is 2. The highest BCUT2D eigenvalue weighted by Gasteiger charge is 2.19. The van der Waals surface area contributed by atoms with Gasteiger partial charge in [0.15, 0.2) is 0 Å². The molecule has 0 radical (unpaired) electrons. The molecule has 0 bridgehead atoms. The van der Waals surface area contributed by atoms with Crippen LogP contribution in [0.1, 0.15) is 61.4 Å². The molecule has 4 heteroatoms. The molecule has 0 heterocycles. The number of amides is 2. The van der Waals surface area contributed by atoms with E-state index < -0.39 is 0 Å². The van der Waals surface area contributed by atoms with E-state index in [-0.39, 0.29) is 24.3 Å². The van der Waals surface area contributed by atoms with Crippen molar-refractivity contribution in [2.45, 2.75) is 53.0 Å². The molecule has 26 heavy (non-hydrogen) atoms. The minimum Gasteiger partial charge on any atom is -0.349 e. The minimum atomic E-state index is -0.348. The molecule has 0 aromatic heterocycles. The Hall–Kier alpha value is -2.62. The molecule has 1 unspecified atom stereocenters. The Morgan fingerprint density at radius 1 is 1.00 bits per heavy atom. The van der Waals surface area contributed by atoms with Crippen molar-refractivity contribution < 1.29 is 9.59 Å². The Morgan fingerprint density at radius 3 is 2.23 bits per heavy atom. The molecule has 2 aromatic rings. The molecule has 0 spiro atoms. The Balaban J connectivity index is 2.20. The third-order valence-electron chi connectivity index (χ3n) is 4.44. The third-order valence-corrected chi connectivity index (χ3v) is 4.44. The van der Waals surface area contributed by atoms with E-state index in [0.717, 1.165) is 27.9 Å². The smallest absolute Gasteiger partial charge is 0.226 e. The molecule has 0 aliphatic rings. The lowest BCUT2D eigenvalue weighted by Crippen LogP contribution is -2.30. The summed E-state index contributed by atoms with van der Waals surface area (Å²) in [5.74, 6) is 0.0519. The quantitative estimate of drug-likeness (QED) is 0.796. The van der Waals surface area contributed by atoms with Gasteiger partial charge in [-0.25, -0.2) is 0 Å². The maximum absolute atomic E-state index is 12.7. The zero-order valence-corrected chi connectivity index (χ0v) is 16.2. The van der Waals surface area contributed by atoms with E-state index in [4.69, 9.17) is 0 Å². The number of benzene rings is 2. The first-order valence-corrected chi connectivity index (χ1v) is 9.01. The number of aryl methyl sites for hydroxylation is 2. The highest BCUT2D eigenvalue weighted by atomic mass is 16.2. The van der Waals surface area contributed by atoms with Crippen LogP contribution in [-0.4, -0.2) is 11.8 Å². The van der Waals surface area contributed by atoms with Gasteiger partial charge in [-0.1, -0.05) is 61.9 Å². The first-order chi connectivity index (χ1) is 12.3. The normalized spacial score (nSPS) is 11.9. The van der Waals surface area contributed by atoms with Gasteiger partial charge in [-0.05, 0) is 36.5 Å². The number of anilines is 1. The predicted molar refractivity (Wildman–Crippen MR) is 106 cm³/mol. The van der Waals surface area contributed by atoms with Gasteiger partial charge >= 0.3 is 0 Å². The summed E-state index contributed by atoms with van der Waals surface area (Å²) in [6.45, 7) is 9.69. The van der Waals surface area contributed by atoms with Gasteiger partial charge in [-0.15, -0.1) is 0 Å². The summed E-state index contributed by atoms with van der Waals surface area (Å²) in [7, 11) is 0. The van der Waals surface area contributed by atoms with Crippen LogP contribution in [0.5, 0.6) is 0 Å². The number of para-hydroxylation sites is 1. The van der Waals surface area contributed by atoms with E-state index in [1.807, 2.05) is 56.3 Å². The molecule has 4 nitrogen and oxygen atoms in total. The van der Waals surface area contributed by atoms with E-state index >= 15 is 0 Å². The summed E-state index contributed by atoms with van der Waals surface area (Å²) in [5, 5.41) is 5.94. The standard InChI is InChI=1S/C22H28N2O2/c1-14(2)19-8-6-7-16(4)22(19)24-21(26)13-20(23-17(5)25)18-11-9-15(3)10-12-18/h6-12,14,20H,13H2,1-5H3,(H,23,25)(H,24,26). The van der Waals surface area contributed by atoms with Crippen LogP contribution in [0.15, 0.2) is 42.5 Å². The summed E-state index contributed by atoms with van der Waals surface area (Å²) in [6.07, 6.45) is 0.189. The number of hydrogen-bond donors (Lipinski definition) is 2. The van der Waals surface area contributed by atoms with Gasteiger partial charge in [0.05, 0.1) is 12.5 Å². The van der Waals surface area contributed by atoms with Gasteiger partial charge in [0.2, 0.25) is 11.8 Å². The first-order valence-electron chi connectivity index (χ1n) is 9.01. The number of carbonyl (C=O) groups excluding carboxylic acids is 2. The fraction of sp³-hybridized carbons (Fsp3) is 0.364. The zero-order valence-electron chi connectivity index (χ0n) is 16.2. The SMILES string of the molecule is CC(=O)NC(CC(=O)Nc1c(C)cccc1C(C)C)c1ccc(C)cc1. The second-order valence-electron chi connectivity index (χ2n) is 7.11. The predicted octanol–water partition coefficient (Wildman–Crippen LogP) is 4.63. The first kappa shape index (κ1) is 19.7. The van der Waals surface area contributed by atoms with Crippen molar-refractivity contribution in [1.82, 2.24) is 5.32 Å². The average Bonchev–Trinajstić information content (AvgIpc) is 2.56. The highest BCUT2D eigenvalue weighted by Crippen LogP contribution is 2.28. The summed E-state index contributed by atoms with van der Waals surface area (Å²) >= 11 is 0. The zero-order chi connectivity index (χ0) is 19.3. The van der Waals surface area contributed by atoms with Gasteiger partial charge in [-0.2, -0.15) is 0 Å². The van der Waals surface area contributed by atoms with E-state index in [9.17, 15) is 9.59 Å². The topological polar surface area (TPSA) is 58.2 Å². The van der Waals surface area contributed by atoms with Gasteiger partial charge in [0.25, 0.3) is 0 Å². The van der Waals surface area contributed by atoms with Crippen LogP contribution in [0.2, 0.25) is 0 Å². The van der Waals surface area contributed by atoms with Crippen LogP contribution in [0.3, 0.4) is 0 Å². The Bertz CT molecular complexity index is 779. The third kappa shape index (κ3) is 5.19. The Labute approximate surface area is 156 Å². The van der Waals surface area contributed by atoms with E-state index in [2.05, 4.69) is 24.5 Å². The number of rotatable bonds is 6. The van der Waals surface area contributed by atoms with Crippen molar-refractivity contribution in [1.29, 1.82) is 0 Å².